The highest BCUT2D eigenvalue weighted by Gasteiger charge is 2.40. The smallest absolute Gasteiger partial charge is 0.326 e. The van der Waals surface area contributed by atoms with E-state index >= 15 is 0 Å². The number of nitrogens with one attached hydrogen (secondary N) is 13. The molecular formula is C81H109ClN24O14. The number of hydrogen-bond acceptors (Lipinski definition) is 18. The van der Waals surface area contributed by atoms with Crippen molar-refractivity contribution < 1.29 is 58.2 Å². The highest BCUT2D eigenvalue weighted by atomic mass is 35.5. The Balaban J connectivity index is 0.000000416. The zero-order valence-electron chi connectivity index (χ0n) is 67.3. The van der Waals surface area contributed by atoms with Crippen molar-refractivity contribution in [1.82, 2.24) is 91.7 Å². The molecule has 7 heterocycles. The highest BCUT2D eigenvalue weighted by molar-refractivity contribution is 6.31. The molecule has 8 aromatic rings. The van der Waals surface area contributed by atoms with Crippen LogP contribution in [0.25, 0.3) is 33.0 Å². The lowest BCUT2D eigenvalue weighted by molar-refractivity contribution is -0.142. The molecule has 0 unspecified atom stereocenters. The molecule has 9 atom stereocenters. The van der Waals surface area contributed by atoms with Crippen LogP contribution in [0.1, 0.15) is 121 Å². The van der Waals surface area contributed by atoms with Gasteiger partial charge in [0.25, 0.3) is 0 Å². The first-order valence-electron chi connectivity index (χ1n) is 40.4. The van der Waals surface area contributed by atoms with Crippen LogP contribution in [0.3, 0.4) is 0 Å². The summed E-state index contributed by atoms with van der Waals surface area (Å²) in [7, 11) is 0. The molecule has 3 fully saturated rings. The van der Waals surface area contributed by atoms with Crippen LogP contribution in [-0.2, 0) is 73.8 Å². The van der Waals surface area contributed by atoms with Crippen LogP contribution in [0.4, 0.5) is 0 Å². The number of aliphatic imine (C=N–C) groups is 2. The number of para-hydroxylation sites is 3. The number of hydrogen-bond donors (Lipinski definition) is 19. The third-order valence-corrected chi connectivity index (χ3v) is 21.5. The number of aliphatic hydroxyl groups excluding tert-OH is 1. The Kier molecular flexibility index (Phi) is 32.3. The molecule has 0 aliphatic carbocycles. The summed E-state index contributed by atoms with van der Waals surface area (Å²) in [5.74, 6) is -8.00. The van der Waals surface area contributed by atoms with Crippen LogP contribution >= 0.6 is 11.6 Å². The predicted octanol–water partition coefficient (Wildman–Crippen LogP) is -0.0774. The normalized spacial score (nSPS) is 16.6. The number of fused-ring (bicyclic) bond motifs is 3. The molecule has 644 valence electrons. The molecule has 3 aliphatic rings. The van der Waals surface area contributed by atoms with Gasteiger partial charge in [-0.1, -0.05) is 67.9 Å². The van der Waals surface area contributed by atoms with Crippen molar-refractivity contribution in [2.75, 3.05) is 52.4 Å². The van der Waals surface area contributed by atoms with Crippen molar-refractivity contribution in [3.8, 4) is 5.75 Å². The van der Waals surface area contributed by atoms with Crippen molar-refractivity contribution in [2.45, 2.75) is 184 Å². The molecular weight excluding hydrogens is 1570 g/mol. The number of aliphatic hydroxyl groups is 1. The number of imidazole rings is 3. The monoisotopic (exact) mass is 1680 g/mol. The number of likely N-dealkylation sites (tertiary alicyclic amines) is 2. The van der Waals surface area contributed by atoms with Gasteiger partial charge in [0.05, 0.1) is 35.0 Å². The van der Waals surface area contributed by atoms with E-state index in [-0.39, 0.29) is 137 Å². The van der Waals surface area contributed by atoms with Gasteiger partial charge in [0, 0.05) is 112 Å². The van der Waals surface area contributed by atoms with E-state index in [4.69, 9.17) is 34.5 Å². The number of carbonyl (C=O) groups is 10. The molecule has 0 radical (unpaired) electrons. The van der Waals surface area contributed by atoms with Gasteiger partial charge in [0.15, 0.2) is 11.9 Å². The number of aryl methyl sites for hydroxylation is 1. The van der Waals surface area contributed by atoms with Gasteiger partial charge in [-0.15, -0.1) is 0 Å². The number of phenols is 1. The molecule has 39 heteroatoms. The summed E-state index contributed by atoms with van der Waals surface area (Å²) in [5.41, 5.74) is 27.9. The molecule has 3 aliphatic heterocycles. The largest absolute Gasteiger partial charge is 0.508 e. The van der Waals surface area contributed by atoms with Crippen LogP contribution in [0.15, 0.2) is 129 Å². The van der Waals surface area contributed by atoms with E-state index in [1.807, 2.05) is 45.5 Å². The maximum absolute atomic E-state index is 14.8. The van der Waals surface area contributed by atoms with Crippen molar-refractivity contribution >= 4 is 116 Å². The number of nitrogens with two attached hydrogens (primary N) is 4. The van der Waals surface area contributed by atoms with Gasteiger partial charge in [0.2, 0.25) is 59.1 Å². The van der Waals surface area contributed by atoms with Crippen molar-refractivity contribution in [1.29, 1.82) is 0 Å². The Hall–Kier alpha value is -12.6. The number of aromatic nitrogens is 7. The number of carbonyl (C=O) groups excluding carboxylic acids is 10. The van der Waals surface area contributed by atoms with E-state index in [1.54, 1.807) is 57.3 Å². The molecule has 11 rings (SSSR count). The van der Waals surface area contributed by atoms with Gasteiger partial charge in [-0.3, -0.25) is 67.1 Å². The number of amides is 10. The molecule has 4 aromatic carbocycles. The highest BCUT2D eigenvalue weighted by Crippen LogP contribution is 2.28. The fourth-order valence-corrected chi connectivity index (χ4v) is 15.4. The number of aromatic hydroxyl groups is 1. The number of aromatic amines is 4. The number of halogens is 1. The molecule has 10 amide bonds. The Labute approximate surface area is 695 Å². The third kappa shape index (κ3) is 25.0. The zero-order valence-corrected chi connectivity index (χ0v) is 68.1. The lowest BCUT2D eigenvalue weighted by Gasteiger charge is -2.32. The van der Waals surface area contributed by atoms with E-state index in [0.717, 1.165) is 61.0 Å². The van der Waals surface area contributed by atoms with Gasteiger partial charge >= 0.3 is 11.4 Å². The fraction of sp³-hybridized carbons (Fsp3) is 0.469. The van der Waals surface area contributed by atoms with E-state index in [0.29, 0.717) is 58.7 Å². The van der Waals surface area contributed by atoms with Crippen molar-refractivity contribution in [3.63, 3.8) is 0 Å². The Morgan fingerprint density at radius 3 is 1.86 bits per heavy atom. The maximum Gasteiger partial charge on any atom is 0.326 e. The lowest BCUT2D eigenvalue weighted by atomic mass is 10.00. The molecule has 3 saturated heterocycles. The molecule has 0 saturated carbocycles. The number of H-pyrrole nitrogens is 4. The number of rotatable bonds is 39. The van der Waals surface area contributed by atoms with Crippen LogP contribution in [0, 0.1) is 5.92 Å². The van der Waals surface area contributed by atoms with E-state index in [9.17, 15) is 67.7 Å². The number of piperidine rings is 1. The molecule has 0 spiro atoms. The first-order valence-corrected chi connectivity index (χ1v) is 40.8. The number of nitrogens with zero attached hydrogens (tertiary/aromatic N) is 7. The minimum atomic E-state index is -1.79. The number of guanidine groups is 2. The Bertz CT molecular complexity index is 5060. The fourth-order valence-electron chi connectivity index (χ4n) is 15.2. The Morgan fingerprint density at radius 1 is 0.608 bits per heavy atom. The van der Waals surface area contributed by atoms with Gasteiger partial charge in [-0.25, -0.2) is 14.6 Å². The number of benzene rings is 4. The Morgan fingerprint density at radius 2 is 1.21 bits per heavy atom. The SMILES string of the molecule is CCNC(=O)[C@@H]1CCCN1C(=O)[C@H](CCCN=C(N)N)NC(=O)[C@H](CC(C)C)NC(=O)[C@@H](CCCN=C(N)N)NC(=O)[C@H](Cc1ccc(O)cc1)NC(=O)[C@H](CO)NC(=O)[C@H](Cc1c[nH]c2ccccc12)NC(=O)[C@H](Cc1cnc[nH]1)NC(=O)[C@@H]1CCC(=O)N1.O=c1[nH]c2ccccc2n1CCCN1CCC(n2c(=O)[nH]c3cc(Cl)ccc32)CC1. The van der Waals surface area contributed by atoms with Crippen LogP contribution in [-0.4, -0.2) is 232 Å². The van der Waals surface area contributed by atoms with E-state index in [1.165, 1.54) is 41.7 Å². The third-order valence-electron chi connectivity index (χ3n) is 21.3. The van der Waals surface area contributed by atoms with E-state index < -0.39 is 108 Å². The lowest BCUT2D eigenvalue weighted by Crippen LogP contribution is -2.61. The van der Waals surface area contributed by atoms with Crippen molar-refractivity contribution in [3.05, 3.63) is 153 Å². The minimum absolute atomic E-state index is 0.00225. The zero-order chi connectivity index (χ0) is 86.1. The second-order valence-corrected chi connectivity index (χ2v) is 31.0. The summed E-state index contributed by atoms with van der Waals surface area (Å²) in [6, 6.07) is 14.6. The predicted molar refractivity (Wildman–Crippen MR) is 450 cm³/mol. The molecule has 4 aromatic heterocycles. The summed E-state index contributed by atoms with van der Waals surface area (Å²) < 4.78 is 3.70. The standard InChI is InChI=1S/C59H85N19O12.C22H24ClN5O2/c1-4-65-56(89)47-14-9-23-78(47)57(90)41(13-8-22-67-59(62)63)72-51(84)42(24-32(2)3)73-49(82)39(12-7-21-66-58(60)61)71-52(85)43(25-33-15-17-36(80)18-16-33)74-55(88)46(30-79)77-53(86)44(26-34-28-68-38-11-6-5-10-37(34)38)75-54(87)45(27-35-29-64-31-69-35)76-50(83)40-19-20-48(81)70-40;23-15-6-7-20-18(14-15)25-22(30)28(20)16-8-12-26(13-9-16)10-3-11-27-19-5-2-1-4-17(19)24-21(27)29/h5-6,10-11,15-18,28-29,31-32,39-47,68,79-80H,4,7-9,12-14,19-27,30H2,1-3H3,(H,64,69)(H,65,89)(H,70,81)(H,71,85)(H,72,84)(H,73,82)(H,74,88)(H,75,87)(H,76,83)(H,77,86)(H4,60,61,66)(H4,62,63,67);1-2,4-7,14,16H,3,8-13H2,(H,24,29)(H,25,30)/t39-,40+,41+,42+,43+,44+,45+,46+,47+;/m1./s1. The summed E-state index contributed by atoms with van der Waals surface area (Å²) in [6.07, 6.45) is 8.23. The summed E-state index contributed by atoms with van der Waals surface area (Å²) in [5, 5.41) is 46.4. The van der Waals surface area contributed by atoms with Crippen LogP contribution in [0.5, 0.6) is 5.75 Å². The van der Waals surface area contributed by atoms with Gasteiger partial charge in [-0.2, -0.15) is 0 Å². The van der Waals surface area contributed by atoms with E-state index in [2.05, 4.69) is 87.7 Å². The average Bonchev–Trinajstić information content (AvgIpc) is 1.63. The molecule has 0 bridgehead atoms. The summed E-state index contributed by atoms with van der Waals surface area (Å²) in [4.78, 5) is 193. The quantitative estimate of drug-likeness (QED) is 0.0136. The number of phenolic OH excluding ortho intramolecular Hbond substituents is 1. The first kappa shape index (κ1) is 89.8. The molecule has 120 heavy (non-hydrogen) atoms. The van der Waals surface area contributed by atoms with Gasteiger partial charge in [-0.05, 0) is 150 Å². The van der Waals surface area contributed by atoms with Crippen molar-refractivity contribution in [2.24, 2.45) is 38.8 Å². The molecule has 23 N–H and O–H groups in total. The van der Waals surface area contributed by atoms with Crippen LogP contribution < -0.4 is 82.2 Å². The topological polar surface area (TPSA) is 575 Å². The first-order chi connectivity index (χ1) is 57.6. The average molecular weight is 1680 g/mol. The molecule has 38 nitrogen and oxygen atoms in total. The minimum Gasteiger partial charge on any atom is -0.508 e. The summed E-state index contributed by atoms with van der Waals surface area (Å²) in [6.45, 7) is 8.59. The second kappa shape index (κ2) is 43.2. The van der Waals surface area contributed by atoms with Crippen LogP contribution in [0.2, 0.25) is 5.02 Å². The van der Waals surface area contributed by atoms with Gasteiger partial charge < -0.3 is 111 Å². The second-order valence-electron chi connectivity index (χ2n) is 30.6. The maximum atomic E-state index is 14.8. The summed E-state index contributed by atoms with van der Waals surface area (Å²) >= 11 is 6.05. The number of likely N-dealkylation sites (N-methyl/N-ethyl adjacent to an activating group) is 1. The van der Waals surface area contributed by atoms with Gasteiger partial charge in [0.1, 0.15) is 60.1 Å².